The number of aromatic nitrogens is 1. The van der Waals surface area contributed by atoms with E-state index >= 15 is 0 Å². The highest BCUT2D eigenvalue weighted by Crippen LogP contribution is 2.08. The first kappa shape index (κ1) is 10.5. The summed E-state index contributed by atoms with van der Waals surface area (Å²) in [6.07, 6.45) is 0. The molecule has 1 rings (SSSR count). The normalized spacial score (nSPS) is 9.93. The average Bonchev–Trinajstić information content (AvgIpc) is 2.41. The van der Waals surface area contributed by atoms with Crippen LogP contribution in [-0.4, -0.2) is 17.4 Å². The van der Waals surface area contributed by atoms with Crippen molar-refractivity contribution in [3.05, 3.63) is 29.5 Å². The second kappa shape index (κ2) is 4.09. The molecule has 4 heteroatoms. The van der Waals surface area contributed by atoms with E-state index in [-0.39, 0.29) is 11.7 Å². The van der Waals surface area contributed by atoms with Crippen LogP contribution >= 0.6 is 0 Å². The van der Waals surface area contributed by atoms with Gasteiger partial charge in [-0.05, 0) is 13.8 Å². The van der Waals surface area contributed by atoms with Gasteiger partial charge in [-0.15, -0.1) is 0 Å². The Kier molecular flexibility index (Phi) is 3.06. The topological polar surface area (TPSA) is 55.1 Å². The van der Waals surface area contributed by atoms with Gasteiger partial charge in [0.05, 0.1) is 5.69 Å². The number of nitrogens with one attached hydrogen (secondary N) is 1. The molecule has 0 aliphatic rings. The zero-order valence-corrected chi connectivity index (χ0v) is 8.68. The maximum absolute atomic E-state index is 11.5. The van der Waals surface area contributed by atoms with E-state index < -0.39 is 0 Å². The lowest BCUT2D eigenvalue weighted by atomic mass is 10.3. The molecule has 0 bridgehead atoms. The average molecular weight is 194 g/mol. The third-order valence-electron chi connectivity index (χ3n) is 1.66. The van der Waals surface area contributed by atoms with Gasteiger partial charge in [0.1, 0.15) is 0 Å². The molecule has 0 radical (unpaired) electrons. The second-order valence-electron chi connectivity index (χ2n) is 3.29. The van der Waals surface area contributed by atoms with Gasteiger partial charge >= 0.3 is 0 Å². The van der Waals surface area contributed by atoms with E-state index in [0.29, 0.717) is 18.1 Å². The molecule has 1 aromatic heterocycles. The summed E-state index contributed by atoms with van der Waals surface area (Å²) >= 11 is 0. The molecule has 0 fully saturated rings. The molecule has 1 heterocycles. The highest BCUT2D eigenvalue weighted by molar-refractivity contribution is 5.92. The molecule has 1 aromatic rings. The number of nitrogens with zero attached hydrogens (tertiary/aromatic N) is 1. The summed E-state index contributed by atoms with van der Waals surface area (Å²) in [5.41, 5.74) is 1.51. The van der Waals surface area contributed by atoms with Crippen molar-refractivity contribution >= 4 is 5.91 Å². The van der Waals surface area contributed by atoms with Crippen LogP contribution < -0.4 is 5.32 Å². The molecule has 4 nitrogen and oxygen atoms in total. The molecule has 1 amide bonds. The summed E-state index contributed by atoms with van der Waals surface area (Å²) in [6, 6.07) is 0. The summed E-state index contributed by atoms with van der Waals surface area (Å²) in [4.78, 5) is 15.5. The molecule has 0 spiro atoms. The first-order chi connectivity index (χ1) is 6.50. The van der Waals surface area contributed by atoms with E-state index in [9.17, 15) is 4.79 Å². The Hall–Kier alpha value is -1.58. The third kappa shape index (κ3) is 2.45. The van der Waals surface area contributed by atoms with Crippen molar-refractivity contribution < 1.29 is 9.21 Å². The minimum absolute atomic E-state index is 0.244. The number of carbonyl (C=O) groups is 1. The number of hydrogen-bond acceptors (Lipinski definition) is 3. The highest BCUT2D eigenvalue weighted by Gasteiger charge is 2.14. The Morgan fingerprint density at radius 1 is 1.57 bits per heavy atom. The predicted octanol–water partition coefficient (Wildman–Crippen LogP) is 1.60. The number of rotatable bonds is 3. The van der Waals surface area contributed by atoms with Crippen LogP contribution in [-0.2, 0) is 0 Å². The Morgan fingerprint density at radius 2 is 2.21 bits per heavy atom. The van der Waals surface area contributed by atoms with Crippen LogP contribution in [0.2, 0.25) is 0 Å². The molecule has 1 N–H and O–H groups in total. The van der Waals surface area contributed by atoms with E-state index in [1.165, 1.54) is 0 Å². The van der Waals surface area contributed by atoms with Gasteiger partial charge in [-0.2, -0.15) is 0 Å². The summed E-state index contributed by atoms with van der Waals surface area (Å²) < 4.78 is 5.16. The highest BCUT2D eigenvalue weighted by atomic mass is 16.4. The van der Waals surface area contributed by atoms with Gasteiger partial charge in [0.2, 0.25) is 5.76 Å². The smallest absolute Gasteiger partial charge is 0.289 e. The van der Waals surface area contributed by atoms with Gasteiger partial charge in [-0.1, -0.05) is 12.2 Å². The zero-order valence-electron chi connectivity index (χ0n) is 8.68. The van der Waals surface area contributed by atoms with Crippen molar-refractivity contribution in [3.8, 4) is 0 Å². The molecular weight excluding hydrogens is 180 g/mol. The molecule has 0 aromatic carbocycles. The van der Waals surface area contributed by atoms with Crippen LogP contribution in [0.3, 0.4) is 0 Å². The maximum atomic E-state index is 11.5. The Balaban J connectivity index is 2.69. The van der Waals surface area contributed by atoms with E-state index in [1.54, 1.807) is 13.8 Å². The maximum Gasteiger partial charge on any atom is 0.289 e. The van der Waals surface area contributed by atoms with Crippen LogP contribution in [0.15, 0.2) is 16.6 Å². The SMILES string of the molecule is C=C(C)CNC(=O)c1oc(C)nc1C. The Bertz CT molecular complexity index is 366. The lowest BCUT2D eigenvalue weighted by molar-refractivity contribution is 0.0927. The van der Waals surface area contributed by atoms with Gasteiger partial charge in [0.15, 0.2) is 5.89 Å². The minimum Gasteiger partial charge on any atom is -0.436 e. The molecule has 76 valence electrons. The largest absolute Gasteiger partial charge is 0.436 e. The van der Waals surface area contributed by atoms with Crippen LogP contribution in [0.4, 0.5) is 0 Å². The van der Waals surface area contributed by atoms with E-state index in [1.807, 2.05) is 6.92 Å². The third-order valence-corrected chi connectivity index (χ3v) is 1.66. The van der Waals surface area contributed by atoms with Crippen LogP contribution in [0.5, 0.6) is 0 Å². The summed E-state index contributed by atoms with van der Waals surface area (Å²) in [6.45, 7) is 9.44. The number of carbonyl (C=O) groups excluding carboxylic acids is 1. The van der Waals surface area contributed by atoms with Crippen molar-refractivity contribution in [1.82, 2.24) is 10.3 Å². The number of oxazole rings is 1. The molecule has 0 aliphatic carbocycles. The lowest BCUT2D eigenvalue weighted by Crippen LogP contribution is -2.25. The summed E-state index contributed by atoms with van der Waals surface area (Å²) in [7, 11) is 0. The molecule has 0 saturated carbocycles. The molecular formula is C10H14N2O2. The standard InChI is InChI=1S/C10H14N2O2/c1-6(2)5-11-10(13)9-7(3)12-8(4)14-9/h1,5H2,2-4H3,(H,11,13). The van der Waals surface area contributed by atoms with Crippen molar-refractivity contribution in [2.75, 3.05) is 6.54 Å². The fraction of sp³-hybridized carbons (Fsp3) is 0.400. The minimum atomic E-state index is -0.244. The lowest BCUT2D eigenvalue weighted by Gasteiger charge is -2.01. The number of hydrogen-bond donors (Lipinski definition) is 1. The monoisotopic (exact) mass is 194 g/mol. The van der Waals surface area contributed by atoms with E-state index in [0.717, 1.165) is 5.57 Å². The first-order valence-electron chi connectivity index (χ1n) is 4.37. The van der Waals surface area contributed by atoms with Crippen molar-refractivity contribution in [2.24, 2.45) is 0 Å². The molecule has 0 aliphatic heterocycles. The fourth-order valence-electron chi connectivity index (χ4n) is 1.05. The summed E-state index contributed by atoms with van der Waals surface area (Å²) in [5.74, 6) is 0.540. The van der Waals surface area contributed by atoms with E-state index in [4.69, 9.17) is 4.42 Å². The molecule has 14 heavy (non-hydrogen) atoms. The Morgan fingerprint density at radius 3 is 2.64 bits per heavy atom. The first-order valence-corrected chi connectivity index (χ1v) is 4.37. The van der Waals surface area contributed by atoms with Crippen molar-refractivity contribution in [2.45, 2.75) is 20.8 Å². The number of amides is 1. The fourth-order valence-corrected chi connectivity index (χ4v) is 1.05. The van der Waals surface area contributed by atoms with Crippen molar-refractivity contribution in [1.29, 1.82) is 0 Å². The van der Waals surface area contributed by atoms with Gasteiger partial charge < -0.3 is 9.73 Å². The van der Waals surface area contributed by atoms with Gasteiger partial charge in [0, 0.05) is 13.5 Å². The van der Waals surface area contributed by atoms with Crippen molar-refractivity contribution in [3.63, 3.8) is 0 Å². The van der Waals surface area contributed by atoms with Crippen LogP contribution in [0, 0.1) is 13.8 Å². The number of aryl methyl sites for hydroxylation is 2. The second-order valence-corrected chi connectivity index (χ2v) is 3.29. The van der Waals surface area contributed by atoms with Gasteiger partial charge in [-0.25, -0.2) is 4.98 Å². The molecule has 0 unspecified atom stereocenters. The summed E-state index contributed by atoms with van der Waals surface area (Å²) in [5, 5.41) is 2.68. The van der Waals surface area contributed by atoms with E-state index in [2.05, 4.69) is 16.9 Å². The quantitative estimate of drug-likeness (QED) is 0.743. The Labute approximate surface area is 83.0 Å². The molecule has 0 saturated heterocycles. The molecule has 0 atom stereocenters. The zero-order chi connectivity index (χ0) is 10.7. The van der Waals surface area contributed by atoms with Crippen LogP contribution in [0.25, 0.3) is 0 Å². The van der Waals surface area contributed by atoms with Gasteiger partial charge in [0.25, 0.3) is 5.91 Å². The predicted molar refractivity (Wildman–Crippen MR) is 53.1 cm³/mol. The van der Waals surface area contributed by atoms with Crippen LogP contribution in [0.1, 0.15) is 29.1 Å². The van der Waals surface area contributed by atoms with Gasteiger partial charge in [-0.3, -0.25) is 4.79 Å².